The summed E-state index contributed by atoms with van der Waals surface area (Å²) in [6, 6.07) is 10.1. The molecule has 0 saturated heterocycles. The van der Waals surface area contributed by atoms with Gasteiger partial charge in [-0.05, 0) is 49.2 Å². The van der Waals surface area contributed by atoms with Crippen LogP contribution in [0.15, 0.2) is 30.3 Å². The molecule has 0 aliphatic rings. The second kappa shape index (κ2) is 5.19. The molecule has 0 aliphatic heterocycles. The Morgan fingerprint density at radius 1 is 1.17 bits per heavy atom. The Kier molecular flexibility index (Phi) is 3.63. The Morgan fingerprint density at radius 2 is 1.94 bits per heavy atom. The first-order valence-corrected chi connectivity index (χ1v) is 5.96. The second-order valence-corrected chi connectivity index (χ2v) is 4.40. The number of methoxy groups -OCH3 is 1. The zero-order valence-electron chi connectivity index (χ0n) is 11.0. The molecule has 2 N–H and O–H groups in total. The molecule has 0 bridgehead atoms. The van der Waals surface area contributed by atoms with Gasteiger partial charge in [-0.15, -0.1) is 0 Å². The first-order chi connectivity index (χ1) is 8.63. The van der Waals surface area contributed by atoms with Crippen molar-refractivity contribution in [3.05, 3.63) is 47.2 Å². The highest BCUT2D eigenvalue weighted by atomic mass is 16.5. The normalized spacial score (nSPS) is 10.4. The Bertz CT molecular complexity index is 564. The molecule has 1 heterocycles. The Balaban J connectivity index is 2.60. The van der Waals surface area contributed by atoms with E-state index in [1.807, 2.05) is 38.1 Å². The number of benzene rings is 1. The summed E-state index contributed by atoms with van der Waals surface area (Å²) < 4.78 is 5.30. The lowest BCUT2D eigenvalue weighted by molar-refractivity contribution is 0.414. The third-order valence-electron chi connectivity index (χ3n) is 2.90. The van der Waals surface area contributed by atoms with E-state index in [1.54, 1.807) is 7.11 Å². The number of hydrogen-bond donors (Lipinski definition) is 1. The van der Waals surface area contributed by atoms with Gasteiger partial charge in [0.15, 0.2) is 0 Å². The molecule has 0 unspecified atom stereocenters. The van der Waals surface area contributed by atoms with E-state index in [2.05, 4.69) is 11.1 Å². The van der Waals surface area contributed by atoms with Gasteiger partial charge in [0, 0.05) is 17.8 Å². The van der Waals surface area contributed by atoms with Crippen LogP contribution < -0.4 is 10.5 Å². The monoisotopic (exact) mass is 242 g/mol. The Labute approximate surface area is 108 Å². The molecule has 3 nitrogen and oxygen atoms in total. The van der Waals surface area contributed by atoms with E-state index in [1.165, 1.54) is 0 Å². The molecule has 0 aliphatic carbocycles. The SMILES string of the molecule is COc1cc(C)cc(-c2nc(C)ccc2CN)c1. The molecular formula is C15H18N2O. The third-order valence-corrected chi connectivity index (χ3v) is 2.90. The summed E-state index contributed by atoms with van der Waals surface area (Å²) >= 11 is 0. The average Bonchev–Trinajstić information content (AvgIpc) is 2.38. The number of ether oxygens (including phenoxy) is 1. The molecule has 0 fully saturated rings. The summed E-state index contributed by atoms with van der Waals surface area (Å²) in [6.45, 7) is 4.51. The molecule has 3 heteroatoms. The van der Waals surface area contributed by atoms with E-state index in [0.717, 1.165) is 33.8 Å². The van der Waals surface area contributed by atoms with Crippen LogP contribution in [0, 0.1) is 13.8 Å². The quantitative estimate of drug-likeness (QED) is 0.900. The first kappa shape index (κ1) is 12.6. The van der Waals surface area contributed by atoms with E-state index in [-0.39, 0.29) is 0 Å². The summed E-state index contributed by atoms with van der Waals surface area (Å²) in [5.41, 5.74) is 11.0. The summed E-state index contributed by atoms with van der Waals surface area (Å²) in [7, 11) is 1.67. The Morgan fingerprint density at radius 3 is 2.61 bits per heavy atom. The number of nitrogens with zero attached hydrogens (tertiary/aromatic N) is 1. The molecule has 2 rings (SSSR count). The zero-order chi connectivity index (χ0) is 13.1. The lowest BCUT2D eigenvalue weighted by atomic mass is 10.0. The van der Waals surface area contributed by atoms with Gasteiger partial charge in [-0.3, -0.25) is 4.98 Å². The number of nitrogens with two attached hydrogens (primary N) is 1. The van der Waals surface area contributed by atoms with Crippen LogP contribution in [0.25, 0.3) is 11.3 Å². The molecule has 1 aromatic carbocycles. The van der Waals surface area contributed by atoms with Gasteiger partial charge < -0.3 is 10.5 Å². The van der Waals surface area contributed by atoms with Crippen LogP contribution in [0.3, 0.4) is 0 Å². The summed E-state index contributed by atoms with van der Waals surface area (Å²) in [5, 5.41) is 0. The lowest BCUT2D eigenvalue weighted by Gasteiger charge is -2.10. The van der Waals surface area contributed by atoms with Gasteiger partial charge in [0.25, 0.3) is 0 Å². The van der Waals surface area contributed by atoms with Crippen molar-refractivity contribution in [2.45, 2.75) is 20.4 Å². The van der Waals surface area contributed by atoms with Crippen molar-refractivity contribution in [1.29, 1.82) is 0 Å². The van der Waals surface area contributed by atoms with E-state index in [0.29, 0.717) is 6.54 Å². The van der Waals surface area contributed by atoms with Crippen molar-refractivity contribution in [2.75, 3.05) is 7.11 Å². The minimum absolute atomic E-state index is 0.485. The van der Waals surface area contributed by atoms with Gasteiger partial charge in [0.1, 0.15) is 5.75 Å². The maximum Gasteiger partial charge on any atom is 0.119 e. The largest absolute Gasteiger partial charge is 0.497 e. The second-order valence-electron chi connectivity index (χ2n) is 4.40. The van der Waals surface area contributed by atoms with Crippen molar-refractivity contribution in [3.63, 3.8) is 0 Å². The van der Waals surface area contributed by atoms with Crippen LogP contribution in [-0.2, 0) is 6.54 Å². The smallest absolute Gasteiger partial charge is 0.119 e. The van der Waals surface area contributed by atoms with Gasteiger partial charge in [-0.1, -0.05) is 6.07 Å². The highest BCUT2D eigenvalue weighted by Crippen LogP contribution is 2.27. The predicted octanol–water partition coefficient (Wildman–Crippen LogP) is 2.83. The van der Waals surface area contributed by atoms with Crippen molar-refractivity contribution >= 4 is 0 Å². The summed E-state index contributed by atoms with van der Waals surface area (Å²) in [4.78, 5) is 4.60. The summed E-state index contributed by atoms with van der Waals surface area (Å²) in [6.07, 6.45) is 0. The number of aryl methyl sites for hydroxylation is 2. The number of hydrogen-bond acceptors (Lipinski definition) is 3. The molecule has 2 aromatic rings. The van der Waals surface area contributed by atoms with E-state index in [4.69, 9.17) is 10.5 Å². The van der Waals surface area contributed by atoms with E-state index in [9.17, 15) is 0 Å². The fourth-order valence-corrected chi connectivity index (χ4v) is 2.00. The topological polar surface area (TPSA) is 48.1 Å². The van der Waals surface area contributed by atoms with Crippen LogP contribution >= 0.6 is 0 Å². The van der Waals surface area contributed by atoms with Crippen LogP contribution in [0.4, 0.5) is 0 Å². The molecule has 94 valence electrons. The standard InChI is InChI=1S/C15H18N2O/c1-10-6-13(8-14(7-10)18-3)15-12(9-16)5-4-11(2)17-15/h4-8H,9,16H2,1-3H3. The van der Waals surface area contributed by atoms with Crippen LogP contribution in [0.5, 0.6) is 5.75 Å². The van der Waals surface area contributed by atoms with Gasteiger partial charge in [0.2, 0.25) is 0 Å². The van der Waals surface area contributed by atoms with E-state index < -0.39 is 0 Å². The molecule has 0 atom stereocenters. The molecule has 0 spiro atoms. The maximum atomic E-state index is 5.78. The highest BCUT2D eigenvalue weighted by Gasteiger charge is 2.08. The van der Waals surface area contributed by atoms with Crippen LogP contribution in [-0.4, -0.2) is 12.1 Å². The molecule has 1 aromatic heterocycles. The summed E-state index contributed by atoms with van der Waals surface area (Å²) in [5.74, 6) is 0.844. The maximum absolute atomic E-state index is 5.78. The molecule has 0 saturated carbocycles. The molecule has 0 amide bonds. The number of aromatic nitrogens is 1. The minimum Gasteiger partial charge on any atom is -0.497 e. The number of pyridine rings is 1. The molecule has 18 heavy (non-hydrogen) atoms. The highest BCUT2D eigenvalue weighted by molar-refractivity contribution is 5.66. The first-order valence-electron chi connectivity index (χ1n) is 5.96. The number of rotatable bonds is 3. The Hall–Kier alpha value is -1.87. The van der Waals surface area contributed by atoms with Crippen LogP contribution in [0.1, 0.15) is 16.8 Å². The zero-order valence-corrected chi connectivity index (χ0v) is 11.0. The van der Waals surface area contributed by atoms with Crippen molar-refractivity contribution in [3.8, 4) is 17.0 Å². The van der Waals surface area contributed by atoms with Gasteiger partial charge in [-0.2, -0.15) is 0 Å². The lowest BCUT2D eigenvalue weighted by Crippen LogP contribution is -2.02. The van der Waals surface area contributed by atoms with E-state index >= 15 is 0 Å². The average molecular weight is 242 g/mol. The van der Waals surface area contributed by atoms with Crippen molar-refractivity contribution < 1.29 is 4.74 Å². The fraction of sp³-hybridized carbons (Fsp3) is 0.267. The molecule has 0 radical (unpaired) electrons. The third kappa shape index (κ3) is 2.51. The minimum atomic E-state index is 0.485. The van der Waals surface area contributed by atoms with Gasteiger partial charge in [0.05, 0.1) is 12.8 Å². The van der Waals surface area contributed by atoms with Crippen molar-refractivity contribution in [2.24, 2.45) is 5.73 Å². The predicted molar refractivity (Wildman–Crippen MR) is 73.6 cm³/mol. The van der Waals surface area contributed by atoms with Gasteiger partial charge >= 0.3 is 0 Å². The molecular weight excluding hydrogens is 224 g/mol. The fourth-order valence-electron chi connectivity index (χ4n) is 2.00. The van der Waals surface area contributed by atoms with Gasteiger partial charge in [-0.25, -0.2) is 0 Å². The van der Waals surface area contributed by atoms with Crippen LogP contribution in [0.2, 0.25) is 0 Å². The van der Waals surface area contributed by atoms with Crippen molar-refractivity contribution in [1.82, 2.24) is 4.98 Å².